The zero-order valence-electron chi connectivity index (χ0n) is 10.6. The Hall–Kier alpha value is -1.88. The molecule has 0 aromatic heterocycles. The first-order valence-electron chi connectivity index (χ1n) is 5.81. The molecular formula is C13H13ClN2O3. The highest BCUT2D eigenvalue weighted by molar-refractivity contribution is 6.32. The summed E-state index contributed by atoms with van der Waals surface area (Å²) >= 11 is 5.94. The average Bonchev–Trinajstić information content (AvgIpc) is 2.70. The van der Waals surface area contributed by atoms with Crippen molar-refractivity contribution in [1.29, 1.82) is 0 Å². The summed E-state index contributed by atoms with van der Waals surface area (Å²) in [5.74, 6) is -0.434. The number of amides is 2. The van der Waals surface area contributed by atoms with Crippen LogP contribution in [0, 0.1) is 0 Å². The smallest absolute Gasteiger partial charge is 0.290 e. The number of hydrogen-bond donors (Lipinski definition) is 0. The Morgan fingerprint density at radius 2 is 2.16 bits per heavy atom. The Morgan fingerprint density at radius 1 is 1.47 bits per heavy atom. The standard InChI is InChI=1S/C13H13ClN2O3/c1-8-7-12(17)16(15-8)13(18)9(2)19-11-6-4-3-5-10(11)14/h3-6,9H,7H2,1-2H3. The van der Waals surface area contributed by atoms with Crippen molar-refractivity contribution in [2.24, 2.45) is 5.10 Å². The predicted octanol–water partition coefficient (Wildman–Crippen LogP) is 2.24. The molecule has 0 saturated heterocycles. The van der Waals surface area contributed by atoms with Crippen molar-refractivity contribution in [2.75, 3.05) is 0 Å². The van der Waals surface area contributed by atoms with Crippen LogP contribution in [-0.2, 0) is 9.59 Å². The third-order valence-corrected chi connectivity index (χ3v) is 2.92. The average molecular weight is 281 g/mol. The quantitative estimate of drug-likeness (QED) is 0.853. The molecule has 0 radical (unpaired) electrons. The highest BCUT2D eigenvalue weighted by atomic mass is 35.5. The van der Waals surface area contributed by atoms with Gasteiger partial charge in [-0.2, -0.15) is 10.1 Å². The van der Waals surface area contributed by atoms with Crippen LogP contribution in [0.1, 0.15) is 20.3 Å². The van der Waals surface area contributed by atoms with Crippen LogP contribution in [0.2, 0.25) is 5.02 Å². The van der Waals surface area contributed by atoms with E-state index in [-0.39, 0.29) is 12.3 Å². The minimum atomic E-state index is -0.835. The van der Waals surface area contributed by atoms with Gasteiger partial charge in [0.25, 0.3) is 11.8 Å². The summed E-state index contributed by atoms with van der Waals surface area (Å²) in [7, 11) is 0. The monoisotopic (exact) mass is 280 g/mol. The van der Waals surface area contributed by atoms with Crippen LogP contribution in [0.4, 0.5) is 0 Å². The number of ether oxygens (including phenoxy) is 1. The lowest BCUT2D eigenvalue weighted by molar-refractivity contribution is -0.147. The molecule has 0 aliphatic carbocycles. The normalized spacial score (nSPS) is 16.3. The molecule has 1 aliphatic rings. The van der Waals surface area contributed by atoms with Gasteiger partial charge in [-0.05, 0) is 26.0 Å². The van der Waals surface area contributed by atoms with Gasteiger partial charge in [-0.25, -0.2) is 0 Å². The van der Waals surface area contributed by atoms with Crippen LogP contribution < -0.4 is 4.74 Å². The van der Waals surface area contributed by atoms with Crippen LogP contribution in [0.25, 0.3) is 0 Å². The number of halogens is 1. The van der Waals surface area contributed by atoms with E-state index in [4.69, 9.17) is 16.3 Å². The zero-order valence-corrected chi connectivity index (χ0v) is 11.3. The highest BCUT2D eigenvalue weighted by Gasteiger charge is 2.31. The number of imide groups is 1. The molecule has 0 N–H and O–H groups in total. The van der Waals surface area contributed by atoms with Gasteiger partial charge in [0.2, 0.25) is 0 Å². The Morgan fingerprint density at radius 3 is 2.74 bits per heavy atom. The summed E-state index contributed by atoms with van der Waals surface area (Å²) in [6, 6.07) is 6.84. The van der Waals surface area contributed by atoms with E-state index in [0.29, 0.717) is 16.5 Å². The maximum absolute atomic E-state index is 12.0. The van der Waals surface area contributed by atoms with Gasteiger partial charge in [-0.1, -0.05) is 23.7 Å². The molecule has 0 saturated carbocycles. The second kappa shape index (κ2) is 5.40. The molecule has 1 aromatic carbocycles. The van der Waals surface area contributed by atoms with Crippen LogP contribution in [-0.4, -0.2) is 28.6 Å². The summed E-state index contributed by atoms with van der Waals surface area (Å²) in [5, 5.41) is 5.16. The number of benzene rings is 1. The molecule has 0 fully saturated rings. The third kappa shape index (κ3) is 2.93. The fourth-order valence-corrected chi connectivity index (χ4v) is 1.86. The van der Waals surface area contributed by atoms with Gasteiger partial charge in [0, 0.05) is 5.71 Å². The van der Waals surface area contributed by atoms with Crippen molar-refractivity contribution in [3.05, 3.63) is 29.3 Å². The lowest BCUT2D eigenvalue weighted by Crippen LogP contribution is -2.38. The van der Waals surface area contributed by atoms with Gasteiger partial charge in [-0.15, -0.1) is 0 Å². The second-order valence-electron chi connectivity index (χ2n) is 4.25. The fourth-order valence-electron chi connectivity index (χ4n) is 1.68. The summed E-state index contributed by atoms with van der Waals surface area (Å²) in [6.45, 7) is 3.26. The third-order valence-electron chi connectivity index (χ3n) is 2.61. The van der Waals surface area contributed by atoms with E-state index < -0.39 is 12.0 Å². The lowest BCUT2D eigenvalue weighted by atomic mass is 10.3. The van der Waals surface area contributed by atoms with Gasteiger partial charge in [0.15, 0.2) is 6.10 Å². The van der Waals surface area contributed by atoms with Crippen molar-refractivity contribution in [1.82, 2.24) is 5.01 Å². The molecule has 2 rings (SSSR count). The first-order valence-corrected chi connectivity index (χ1v) is 6.19. The first-order chi connectivity index (χ1) is 8.99. The van der Waals surface area contributed by atoms with E-state index in [0.717, 1.165) is 5.01 Å². The van der Waals surface area contributed by atoms with E-state index in [2.05, 4.69) is 5.10 Å². The lowest BCUT2D eigenvalue weighted by Gasteiger charge is -2.18. The van der Waals surface area contributed by atoms with Crippen LogP contribution >= 0.6 is 11.6 Å². The van der Waals surface area contributed by atoms with Crippen molar-refractivity contribution < 1.29 is 14.3 Å². The number of carbonyl (C=O) groups excluding carboxylic acids is 2. The molecule has 1 aliphatic heterocycles. The molecule has 100 valence electrons. The molecule has 1 unspecified atom stereocenters. The van der Waals surface area contributed by atoms with E-state index in [1.807, 2.05) is 0 Å². The number of hydrazone groups is 1. The Labute approximate surface area is 115 Å². The molecule has 19 heavy (non-hydrogen) atoms. The van der Waals surface area contributed by atoms with E-state index in [1.165, 1.54) is 0 Å². The Bertz CT molecular complexity index is 557. The summed E-state index contributed by atoms with van der Waals surface area (Å²) in [5.41, 5.74) is 0.614. The van der Waals surface area contributed by atoms with E-state index in [9.17, 15) is 9.59 Å². The molecule has 1 aromatic rings. The number of para-hydroxylation sites is 1. The minimum Gasteiger partial charge on any atom is -0.479 e. The molecule has 6 heteroatoms. The van der Waals surface area contributed by atoms with Gasteiger partial charge in [0.05, 0.1) is 11.4 Å². The summed E-state index contributed by atoms with van der Waals surface area (Å²) < 4.78 is 5.46. The van der Waals surface area contributed by atoms with Crippen LogP contribution in [0.3, 0.4) is 0 Å². The Balaban J connectivity index is 2.08. The van der Waals surface area contributed by atoms with E-state index >= 15 is 0 Å². The molecular weight excluding hydrogens is 268 g/mol. The minimum absolute atomic E-state index is 0.171. The van der Waals surface area contributed by atoms with Crippen LogP contribution in [0.15, 0.2) is 29.4 Å². The van der Waals surface area contributed by atoms with Gasteiger partial charge in [0.1, 0.15) is 5.75 Å². The number of rotatable bonds is 3. The summed E-state index contributed by atoms with van der Waals surface area (Å²) in [4.78, 5) is 23.6. The highest BCUT2D eigenvalue weighted by Crippen LogP contribution is 2.24. The SMILES string of the molecule is CC1=NN(C(=O)C(C)Oc2ccccc2Cl)C(=O)C1. The predicted molar refractivity (Wildman–Crippen MR) is 71.1 cm³/mol. The number of carbonyl (C=O) groups is 2. The number of hydrogen-bond acceptors (Lipinski definition) is 4. The van der Waals surface area contributed by atoms with Gasteiger partial charge < -0.3 is 4.74 Å². The van der Waals surface area contributed by atoms with Crippen molar-refractivity contribution >= 4 is 29.1 Å². The maximum Gasteiger partial charge on any atom is 0.290 e. The van der Waals surface area contributed by atoms with E-state index in [1.54, 1.807) is 38.1 Å². The van der Waals surface area contributed by atoms with Crippen molar-refractivity contribution in [2.45, 2.75) is 26.4 Å². The van der Waals surface area contributed by atoms with Gasteiger partial charge in [-0.3, -0.25) is 9.59 Å². The fraction of sp³-hybridized carbons (Fsp3) is 0.308. The van der Waals surface area contributed by atoms with Gasteiger partial charge >= 0.3 is 0 Å². The second-order valence-corrected chi connectivity index (χ2v) is 4.65. The maximum atomic E-state index is 12.0. The zero-order chi connectivity index (χ0) is 14.0. The summed E-state index contributed by atoms with van der Waals surface area (Å²) in [6.07, 6.45) is -0.664. The molecule has 1 heterocycles. The number of nitrogens with zero attached hydrogens (tertiary/aromatic N) is 2. The molecule has 2 amide bonds. The van der Waals surface area contributed by atoms with Crippen LogP contribution in [0.5, 0.6) is 5.75 Å². The molecule has 1 atom stereocenters. The molecule has 5 nitrogen and oxygen atoms in total. The van der Waals surface area contributed by atoms with Crippen molar-refractivity contribution in [3.8, 4) is 5.75 Å². The van der Waals surface area contributed by atoms with Crippen molar-refractivity contribution in [3.63, 3.8) is 0 Å². The largest absolute Gasteiger partial charge is 0.479 e. The Kier molecular flexibility index (Phi) is 3.85. The molecule has 0 bridgehead atoms. The topological polar surface area (TPSA) is 59.0 Å². The molecule has 0 spiro atoms. The first kappa shape index (κ1) is 13.5.